The monoisotopic (exact) mass is 301 g/mol. The molecule has 3 heteroatoms. The molecule has 0 spiro atoms. The molecule has 0 radical (unpaired) electrons. The van der Waals surface area contributed by atoms with Gasteiger partial charge in [0.05, 0.1) is 0 Å². The maximum Gasteiger partial charge on any atom is 0.227 e. The number of rotatable bonds is 2. The van der Waals surface area contributed by atoms with Crippen molar-refractivity contribution in [3.63, 3.8) is 0 Å². The van der Waals surface area contributed by atoms with Crippen molar-refractivity contribution < 1.29 is 4.42 Å². The molecule has 0 fully saturated rings. The van der Waals surface area contributed by atoms with E-state index in [1.807, 2.05) is 36.4 Å². The van der Waals surface area contributed by atoms with Gasteiger partial charge in [0.1, 0.15) is 5.52 Å². The van der Waals surface area contributed by atoms with E-state index in [0.717, 1.165) is 27.6 Å². The molecule has 0 aliphatic heterocycles. The number of oxazole rings is 1. The van der Waals surface area contributed by atoms with E-state index in [9.17, 15) is 0 Å². The van der Waals surface area contributed by atoms with Crippen molar-refractivity contribution in [3.8, 4) is 11.5 Å². The molecule has 0 amide bonds. The summed E-state index contributed by atoms with van der Waals surface area (Å²) in [6.07, 6.45) is 0.930. The largest absolute Gasteiger partial charge is 0.436 e. The fourth-order valence-corrected chi connectivity index (χ4v) is 2.52. The smallest absolute Gasteiger partial charge is 0.227 e. The summed E-state index contributed by atoms with van der Waals surface area (Å²) in [5.74, 6) is 0.679. The summed E-state index contributed by atoms with van der Waals surface area (Å²) >= 11 is 3.51. The lowest BCUT2D eigenvalue weighted by Crippen LogP contribution is -1.81. The van der Waals surface area contributed by atoms with E-state index in [-0.39, 0.29) is 0 Å². The number of benzene rings is 2. The first-order valence-corrected chi connectivity index (χ1v) is 6.71. The summed E-state index contributed by atoms with van der Waals surface area (Å²) in [6.45, 7) is 2.12. The van der Waals surface area contributed by atoms with Crippen LogP contribution in [0.5, 0.6) is 0 Å². The zero-order valence-electron chi connectivity index (χ0n) is 9.98. The van der Waals surface area contributed by atoms with Crippen molar-refractivity contribution in [2.45, 2.75) is 13.3 Å². The number of hydrogen-bond acceptors (Lipinski definition) is 2. The van der Waals surface area contributed by atoms with Crippen molar-refractivity contribution in [2.24, 2.45) is 0 Å². The summed E-state index contributed by atoms with van der Waals surface area (Å²) in [5.41, 5.74) is 3.97. The van der Waals surface area contributed by atoms with Gasteiger partial charge in [0.2, 0.25) is 5.89 Å². The second-order valence-corrected chi connectivity index (χ2v) is 5.07. The molecule has 2 nitrogen and oxygen atoms in total. The van der Waals surface area contributed by atoms with Crippen molar-refractivity contribution in [2.75, 3.05) is 0 Å². The molecule has 0 bridgehead atoms. The van der Waals surface area contributed by atoms with Gasteiger partial charge in [0.15, 0.2) is 5.58 Å². The summed E-state index contributed by atoms with van der Waals surface area (Å²) in [5, 5.41) is 0. The highest BCUT2D eigenvalue weighted by molar-refractivity contribution is 9.10. The zero-order chi connectivity index (χ0) is 12.5. The number of halogens is 1. The second kappa shape index (κ2) is 4.58. The fourth-order valence-electron chi connectivity index (χ4n) is 2.03. The number of aromatic nitrogens is 1. The highest BCUT2D eigenvalue weighted by atomic mass is 79.9. The predicted octanol–water partition coefficient (Wildman–Crippen LogP) is 4.82. The predicted molar refractivity (Wildman–Crippen MR) is 76.5 cm³/mol. The molecule has 0 unspecified atom stereocenters. The lowest BCUT2D eigenvalue weighted by molar-refractivity contribution is 0.615. The lowest BCUT2D eigenvalue weighted by Gasteiger charge is -1.97. The van der Waals surface area contributed by atoms with Crippen LogP contribution in [-0.4, -0.2) is 4.98 Å². The number of hydrogen-bond donors (Lipinski definition) is 0. The Morgan fingerprint density at radius 1 is 1.17 bits per heavy atom. The summed E-state index contributed by atoms with van der Waals surface area (Å²) < 4.78 is 6.94. The third-order valence-electron chi connectivity index (χ3n) is 2.93. The highest BCUT2D eigenvalue weighted by Gasteiger charge is 2.11. The third-order valence-corrected chi connectivity index (χ3v) is 3.39. The van der Waals surface area contributed by atoms with E-state index in [4.69, 9.17) is 4.42 Å². The van der Waals surface area contributed by atoms with Gasteiger partial charge in [-0.2, -0.15) is 0 Å². The Labute approximate surface area is 114 Å². The average molecular weight is 302 g/mol. The van der Waals surface area contributed by atoms with Gasteiger partial charge in [-0.05, 0) is 36.2 Å². The number of nitrogens with zero attached hydrogens (tertiary/aromatic N) is 1. The Kier molecular flexibility index (Phi) is 2.92. The van der Waals surface area contributed by atoms with Crippen LogP contribution in [0.2, 0.25) is 0 Å². The summed E-state index contributed by atoms with van der Waals surface area (Å²) in [6, 6.07) is 14.0. The molecular formula is C15H12BrNO. The van der Waals surface area contributed by atoms with Gasteiger partial charge < -0.3 is 4.42 Å². The van der Waals surface area contributed by atoms with Crippen LogP contribution in [0.3, 0.4) is 0 Å². The highest BCUT2D eigenvalue weighted by Crippen LogP contribution is 2.29. The Hall–Kier alpha value is -1.61. The van der Waals surface area contributed by atoms with E-state index < -0.39 is 0 Å². The van der Waals surface area contributed by atoms with Gasteiger partial charge in [-0.3, -0.25) is 0 Å². The summed E-state index contributed by atoms with van der Waals surface area (Å²) in [4.78, 5) is 4.56. The first kappa shape index (κ1) is 11.5. The molecule has 1 aromatic heterocycles. The van der Waals surface area contributed by atoms with Crippen molar-refractivity contribution in [1.29, 1.82) is 0 Å². The van der Waals surface area contributed by atoms with Crippen LogP contribution in [0, 0.1) is 0 Å². The van der Waals surface area contributed by atoms with Crippen molar-refractivity contribution in [1.82, 2.24) is 4.98 Å². The minimum absolute atomic E-state index is 0.679. The van der Waals surface area contributed by atoms with E-state index in [2.05, 4.69) is 33.9 Å². The molecule has 0 aliphatic carbocycles. The average Bonchev–Trinajstić information content (AvgIpc) is 2.82. The zero-order valence-corrected chi connectivity index (χ0v) is 11.6. The number of aryl methyl sites for hydroxylation is 1. The minimum atomic E-state index is 0.679. The second-order valence-electron chi connectivity index (χ2n) is 4.15. The van der Waals surface area contributed by atoms with Crippen molar-refractivity contribution in [3.05, 3.63) is 52.5 Å². The van der Waals surface area contributed by atoms with Crippen LogP contribution in [0.1, 0.15) is 12.5 Å². The Bertz CT molecular complexity index is 688. The quantitative estimate of drug-likeness (QED) is 0.678. The van der Waals surface area contributed by atoms with Crippen LogP contribution in [0.15, 0.2) is 51.4 Å². The van der Waals surface area contributed by atoms with Crippen LogP contribution >= 0.6 is 15.9 Å². The van der Waals surface area contributed by atoms with E-state index in [1.165, 1.54) is 5.56 Å². The Balaban J connectivity index is 2.23. The fraction of sp³-hybridized carbons (Fsp3) is 0.133. The molecule has 0 aliphatic rings. The molecule has 3 rings (SSSR count). The molecule has 0 N–H and O–H groups in total. The van der Waals surface area contributed by atoms with Gasteiger partial charge in [0, 0.05) is 10.0 Å². The standard InChI is InChI=1S/C15H12BrNO/c1-2-10-8-12(16)9-13-14(10)18-15(17-13)11-6-4-3-5-7-11/h3-9H,2H2,1H3. The normalized spacial score (nSPS) is 11.0. The van der Waals surface area contributed by atoms with E-state index in [0.29, 0.717) is 5.89 Å². The topological polar surface area (TPSA) is 26.0 Å². The molecule has 3 aromatic rings. The lowest BCUT2D eigenvalue weighted by atomic mass is 10.1. The maximum absolute atomic E-state index is 5.90. The molecule has 2 aromatic carbocycles. The Morgan fingerprint density at radius 3 is 2.67 bits per heavy atom. The molecule has 1 heterocycles. The molecule has 0 saturated carbocycles. The molecule has 0 saturated heterocycles. The summed E-state index contributed by atoms with van der Waals surface area (Å²) in [7, 11) is 0. The molecule has 0 atom stereocenters. The van der Waals surface area contributed by atoms with Crippen LogP contribution in [-0.2, 0) is 6.42 Å². The van der Waals surface area contributed by atoms with Gasteiger partial charge in [-0.15, -0.1) is 0 Å². The van der Waals surface area contributed by atoms with Gasteiger partial charge in [-0.1, -0.05) is 41.1 Å². The first-order valence-electron chi connectivity index (χ1n) is 5.92. The Morgan fingerprint density at radius 2 is 1.94 bits per heavy atom. The minimum Gasteiger partial charge on any atom is -0.436 e. The van der Waals surface area contributed by atoms with Gasteiger partial charge in [-0.25, -0.2) is 4.98 Å². The van der Waals surface area contributed by atoms with Gasteiger partial charge in [0.25, 0.3) is 0 Å². The van der Waals surface area contributed by atoms with Crippen LogP contribution < -0.4 is 0 Å². The maximum atomic E-state index is 5.90. The van der Waals surface area contributed by atoms with Crippen LogP contribution in [0.4, 0.5) is 0 Å². The van der Waals surface area contributed by atoms with Crippen molar-refractivity contribution >= 4 is 27.0 Å². The molecular weight excluding hydrogens is 290 g/mol. The third kappa shape index (κ3) is 1.95. The first-order chi connectivity index (χ1) is 8.78. The molecule has 90 valence electrons. The van der Waals surface area contributed by atoms with Gasteiger partial charge >= 0.3 is 0 Å². The SMILES string of the molecule is CCc1cc(Br)cc2nc(-c3ccccc3)oc12. The van der Waals surface area contributed by atoms with Crippen LogP contribution in [0.25, 0.3) is 22.6 Å². The molecule has 18 heavy (non-hydrogen) atoms. The van der Waals surface area contributed by atoms with E-state index >= 15 is 0 Å². The number of fused-ring (bicyclic) bond motifs is 1. The van der Waals surface area contributed by atoms with E-state index in [1.54, 1.807) is 0 Å².